The summed E-state index contributed by atoms with van der Waals surface area (Å²) in [4.78, 5) is 12.6. The monoisotopic (exact) mass is 418 g/mol. The third kappa shape index (κ3) is 4.54. The summed E-state index contributed by atoms with van der Waals surface area (Å²) in [5.41, 5.74) is 1.62. The van der Waals surface area contributed by atoms with Crippen LogP contribution in [-0.2, 0) is 11.8 Å². The predicted molar refractivity (Wildman–Crippen MR) is 110 cm³/mol. The third-order valence-electron chi connectivity index (χ3n) is 4.33. The zero-order valence-corrected chi connectivity index (χ0v) is 17.3. The minimum Gasteiger partial charge on any atom is -0.349 e. The Morgan fingerprint density at radius 3 is 2.50 bits per heavy atom. The van der Waals surface area contributed by atoms with Crippen LogP contribution in [0.1, 0.15) is 25.5 Å². The van der Waals surface area contributed by atoms with Gasteiger partial charge in [0.15, 0.2) is 11.0 Å². The summed E-state index contributed by atoms with van der Waals surface area (Å²) in [5, 5.41) is 12.2. The number of rotatable bonds is 6. The number of aromatic nitrogens is 3. The first-order valence-electron chi connectivity index (χ1n) is 8.73. The number of carbonyl (C=O) groups is 1. The van der Waals surface area contributed by atoms with Crippen molar-refractivity contribution in [1.82, 2.24) is 20.1 Å². The van der Waals surface area contributed by atoms with Crippen molar-refractivity contribution >= 4 is 29.3 Å². The van der Waals surface area contributed by atoms with Crippen molar-refractivity contribution in [1.29, 1.82) is 0 Å². The fourth-order valence-corrected chi connectivity index (χ4v) is 3.72. The van der Waals surface area contributed by atoms with E-state index in [9.17, 15) is 9.18 Å². The molecule has 0 aliphatic carbocycles. The Hall–Kier alpha value is -2.38. The molecule has 8 heteroatoms. The lowest BCUT2D eigenvalue weighted by Gasteiger charge is -2.17. The summed E-state index contributed by atoms with van der Waals surface area (Å²) in [6.45, 7) is 3.67. The van der Waals surface area contributed by atoms with Crippen molar-refractivity contribution in [3.8, 4) is 11.4 Å². The molecule has 0 fully saturated rings. The molecule has 0 saturated heterocycles. The van der Waals surface area contributed by atoms with Gasteiger partial charge in [-0.1, -0.05) is 47.6 Å². The van der Waals surface area contributed by atoms with Crippen molar-refractivity contribution in [2.45, 2.75) is 30.3 Å². The maximum atomic E-state index is 13.1. The molecule has 3 aromatic rings. The van der Waals surface area contributed by atoms with Crippen molar-refractivity contribution in [2.75, 3.05) is 0 Å². The molecule has 0 aliphatic rings. The molecule has 0 spiro atoms. The molecule has 3 rings (SSSR count). The standard InChI is InChI=1S/C20H20ClFN4OS/c1-12(14-8-10-15(22)11-9-14)23-19(27)13(2)28-20-25-24-18(26(20)3)16-6-4-5-7-17(16)21/h4-13H,1-3H3,(H,23,27)/t12-,13-/m0/s1. The average Bonchev–Trinajstić information content (AvgIpc) is 3.03. The van der Waals surface area contributed by atoms with Gasteiger partial charge in [-0.25, -0.2) is 4.39 Å². The van der Waals surface area contributed by atoms with Crippen LogP contribution in [0.2, 0.25) is 5.02 Å². The molecule has 5 nitrogen and oxygen atoms in total. The van der Waals surface area contributed by atoms with Crippen molar-refractivity contribution < 1.29 is 9.18 Å². The Labute approximate surface area is 172 Å². The Morgan fingerprint density at radius 1 is 1.14 bits per heavy atom. The summed E-state index contributed by atoms with van der Waals surface area (Å²) in [6.07, 6.45) is 0. The molecule has 0 unspecified atom stereocenters. The minimum atomic E-state index is -0.384. The van der Waals surface area contributed by atoms with Crippen LogP contribution in [0.5, 0.6) is 0 Å². The molecule has 28 heavy (non-hydrogen) atoms. The molecule has 1 amide bonds. The summed E-state index contributed by atoms with van der Waals surface area (Å²) >= 11 is 7.56. The van der Waals surface area contributed by atoms with Crippen LogP contribution in [0.3, 0.4) is 0 Å². The first-order chi connectivity index (χ1) is 13.4. The molecule has 1 aromatic heterocycles. The quantitative estimate of drug-likeness (QED) is 0.593. The van der Waals surface area contributed by atoms with Gasteiger partial charge in [-0.2, -0.15) is 0 Å². The highest BCUT2D eigenvalue weighted by Gasteiger charge is 2.21. The average molecular weight is 419 g/mol. The second-order valence-corrected chi connectivity index (χ2v) is 8.10. The van der Waals surface area contributed by atoms with Crippen LogP contribution in [0.15, 0.2) is 53.7 Å². The molecule has 0 saturated carbocycles. The van der Waals surface area contributed by atoms with E-state index in [2.05, 4.69) is 15.5 Å². The van der Waals surface area contributed by atoms with E-state index in [1.807, 2.05) is 36.7 Å². The zero-order chi connectivity index (χ0) is 20.3. The number of nitrogens with one attached hydrogen (secondary N) is 1. The summed E-state index contributed by atoms with van der Waals surface area (Å²) < 4.78 is 14.9. The lowest BCUT2D eigenvalue weighted by Crippen LogP contribution is -2.33. The topological polar surface area (TPSA) is 59.8 Å². The van der Waals surface area contributed by atoms with E-state index in [1.54, 1.807) is 25.1 Å². The molecule has 2 aromatic carbocycles. The smallest absolute Gasteiger partial charge is 0.233 e. The number of thioether (sulfide) groups is 1. The molecule has 0 aliphatic heterocycles. The third-order valence-corrected chi connectivity index (χ3v) is 5.79. The molecule has 2 atom stereocenters. The van der Waals surface area contributed by atoms with Gasteiger partial charge >= 0.3 is 0 Å². The molecule has 0 radical (unpaired) electrons. The fraction of sp³-hybridized carbons (Fsp3) is 0.250. The molecule has 1 N–H and O–H groups in total. The van der Waals surface area contributed by atoms with Gasteiger partial charge in [-0.3, -0.25) is 4.79 Å². The van der Waals surface area contributed by atoms with Gasteiger partial charge in [0.1, 0.15) is 5.82 Å². The first-order valence-corrected chi connectivity index (χ1v) is 9.99. The van der Waals surface area contributed by atoms with Gasteiger partial charge in [0.2, 0.25) is 5.91 Å². The van der Waals surface area contributed by atoms with E-state index < -0.39 is 0 Å². The Kier molecular flexibility index (Phi) is 6.36. The molecule has 0 bridgehead atoms. The number of halogens is 2. The van der Waals surface area contributed by atoms with Crippen molar-refractivity contribution in [2.24, 2.45) is 7.05 Å². The highest BCUT2D eigenvalue weighted by Crippen LogP contribution is 2.29. The zero-order valence-electron chi connectivity index (χ0n) is 15.7. The Bertz CT molecular complexity index is 977. The number of hydrogen-bond donors (Lipinski definition) is 1. The van der Waals surface area contributed by atoms with Gasteiger partial charge in [0.05, 0.1) is 16.3 Å². The lowest BCUT2D eigenvalue weighted by molar-refractivity contribution is -0.120. The van der Waals surface area contributed by atoms with Gasteiger partial charge in [0, 0.05) is 12.6 Å². The second kappa shape index (κ2) is 8.75. The van der Waals surface area contributed by atoms with E-state index >= 15 is 0 Å². The fourth-order valence-electron chi connectivity index (χ4n) is 2.67. The summed E-state index contributed by atoms with van der Waals surface area (Å²) in [7, 11) is 1.84. The molecule has 1 heterocycles. The molecule has 146 valence electrons. The van der Waals surface area contributed by atoms with E-state index in [0.717, 1.165) is 11.1 Å². The highest BCUT2D eigenvalue weighted by atomic mass is 35.5. The number of carbonyl (C=O) groups excluding carboxylic acids is 1. The SMILES string of the molecule is C[C@H](Sc1nnc(-c2ccccc2Cl)n1C)C(=O)N[C@@H](C)c1ccc(F)cc1. The van der Waals surface area contributed by atoms with E-state index in [4.69, 9.17) is 11.6 Å². The van der Waals surface area contributed by atoms with Crippen molar-refractivity contribution in [3.05, 3.63) is 64.9 Å². The minimum absolute atomic E-state index is 0.135. The molecular weight excluding hydrogens is 399 g/mol. The maximum absolute atomic E-state index is 13.1. The van der Waals surface area contributed by atoms with Crippen LogP contribution >= 0.6 is 23.4 Å². The van der Waals surface area contributed by atoms with Crippen LogP contribution in [0.25, 0.3) is 11.4 Å². The second-order valence-electron chi connectivity index (χ2n) is 6.39. The first kappa shape index (κ1) is 20.4. The Balaban J connectivity index is 1.67. The number of benzene rings is 2. The van der Waals surface area contributed by atoms with Crippen LogP contribution in [-0.4, -0.2) is 25.9 Å². The maximum Gasteiger partial charge on any atom is 0.233 e. The van der Waals surface area contributed by atoms with Gasteiger partial charge in [0.25, 0.3) is 0 Å². The number of hydrogen-bond acceptors (Lipinski definition) is 4. The van der Waals surface area contributed by atoms with Gasteiger partial charge in [-0.05, 0) is 43.7 Å². The van der Waals surface area contributed by atoms with Crippen molar-refractivity contribution in [3.63, 3.8) is 0 Å². The van der Waals surface area contributed by atoms with Gasteiger partial charge < -0.3 is 9.88 Å². The summed E-state index contributed by atoms with van der Waals surface area (Å²) in [5.74, 6) is 0.201. The largest absolute Gasteiger partial charge is 0.349 e. The van der Waals surface area contributed by atoms with E-state index in [-0.39, 0.29) is 23.0 Å². The van der Waals surface area contributed by atoms with Gasteiger partial charge in [-0.15, -0.1) is 10.2 Å². The van der Waals surface area contributed by atoms with Crippen LogP contribution < -0.4 is 5.32 Å². The number of amides is 1. The van der Waals surface area contributed by atoms with E-state index in [1.165, 1.54) is 23.9 Å². The lowest BCUT2D eigenvalue weighted by atomic mass is 10.1. The van der Waals surface area contributed by atoms with Crippen LogP contribution in [0, 0.1) is 5.82 Å². The van der Waals surface area contributed by atoms with Crippen LogP contribution in [0.4, 0.5) is 4.39 Å². The Morgan fingerprint density at radius 2 is 1.82 bits per heavy atom. The molecular formula is C20H20ClFN4OS. The summed E-state index contributed by atoms with van der Waals surface area (Å²) in [6, 6.07) is 13.3. The normalized spacial score (nSPS) is 13.2. The predicted octanol–water partition coefficient (Wildman–Crippen LogP) is 4.63. The number of nitrogens with zero attached hydrogens (tertiary/aromatic N) is 3. The van der Waals surface area contributed by atoms with E-state index in [0.29, 0.717) is 16.0 Å². The highest BCUT2D eigenvalue weighted by molar-refractivity contribution is 8.00.